The van der Waals surface area contributed by atoms with Gasteiger partial charge in [0.25, 0.3) is 0 Å². The van der Waals surface area contributed by atoms with Gasteiger partial charge in [-0.25, -0.2) is 0 Å². The van der Waals surface area contributed by atoms with Crippen molar-refractivity contribution in [3.8, 4) is 0 Å². The van der Waals surface area contributed by atoms with Crippen molar-refractivity contribution in [3.63, 3.8) is 0 Å². The third kappa shape index (κ3) is 7.09. The number of benzene rings is 1. The smallest absolute Gasteiger partial charge is 0.349 e. The van der Waals surface area contributed by atoms with E-state index in [2.05, 4.69) is 10.6 Å². The fourth-order valence-corrected chi connectivity index (χ4v) is 2.39. The molecule has 2 N–H and O–H groups in total. The van der Waals surface area contributed by atoms with Crippen LogP contribution in [0.15, 0.2) is 24.3 Å². The first-order valence-corrected chi connectivity index (χ1v) is 7.77. The Morgan fingerprint density at radius 1 is 1.21 bits per heavy atom. The molecule has 7 heteroatoms. The fraction of sp³-hybridized carbons (Fsp3) is 0.588. The first-order valence-electron chi connectivity index (χ1n) is 7.77. The van der Waals surface area contributed by atoms with Crippen LogP contribution in [0, 0.1) is 11.8 Å². The third-order valence-corrected chi connectivity index (χ3v) is 3.60. The van der Waals surface area contributed by atoms with Crippen LogP contribution in [0.2, 0.25) is 0 Å². The van der Waals surface area contributed by atoms with Gasteiger partial charge in [-0.05, 0) is 37.1 Å². The number of hydrogen-bond acceptors (Lipinski definition) is 2. The van der Waals surface area contributed by atoms with Crippen molar-refractivity contribution in [2.45, 2.75) is 39.4 Å². The molecule has 1 aromatic rings. The zero-order valence-corrected chi connectivity index (χ0v) is 15.2. The lowest BCUT2D eigenvalue weighted by Crippen LogP contribution is -2.37. The zero-order valence-electron chi connectivity index (χ0n) is 14.4. The minimum atomic E-state index is -4.39. The van der Waals surface area contributed by atoms with Crippen LogP contribution < -0.4 is 10.6 Å². The molecule has 0 bridgehead atoms. The highest BCUT2D eigenvalue weighted by molar-refractivity contribution is 5.85. The third-order valence-electron chi connectivity index (χ3n) is 3.60. The molecule has 0 saturated carbocycles. The van der Waals surface area contributed by atoms with Crippen molar-refractivity contribution in [1.82, 2.24) is 10.6 Å². The number of halogens is 4. The summed E-state index contributed by atoms with van der Waals surface area (Å²) in [5, 5.41) is 5.80. The molecule has 1 amide bonds. The summed E-state index contributed by atoms with van der Waals surface area (Å²) in [5.41, 5.74) is -0.209. The molecule has 0 saturated heterocycles. The Balaban J connectivity index is 0.00000529. The molecule has 1 rings (SSSR count). The van der Waals surface area contributed by atoms with Gasteiger partial charge < -0.3 is 10.6 Å². The quantitative estimate of drug-likeness (QED) is 0.759. The Labute approximate surface area is 147 Å². The fourth-order valence-electron chi connectivity index (χ4n) is 2.39. The monoisotopic (exact) mass is 366 g/mol. The van der Waals surface area contributed by atoms with Crippen molar-refractivity contribution >= 4 is 18.3 Å². The molecule has 2 unspecified atom stereocenters. The van der Waals surface area contributed by atoms with Gasteiger partial charge in [0.2, 0.25) is 5.91 Å². The second kappa shape index (κ2) is 9.89. The summed E-state index contributed by atoms with van der Waals surface area (Å²) in [4.78, 5) is 12.2. The van der Waals surface area contributed by atoms with Crippen molar-refractivity contribution in [3.05, 3.63) is 35.4 Å². The Morgan fingerprint density at radius 2 is 1.83 bits per heavy atom. The number of amides is 1. The Morgan fingerprint density at radius 3 is 2.33 bits per heavy atom. The van der Waals surface area contributed by atoms with Crippen LogP contribution in [0.1, 0.15) is 44.4 Å². The van der Waals surface area contributed by atoms with Crippen LogP contribution in [0.3, 0.4) is 0 Å². The lowest BCUT2D eigenvalue weighted by atomic mass is 9.95. The van der Waals surface area contributed by atoms with Crippen LogP contribution in [-0.4, -0.2) is 19.5 Å². The molecule has 0 heterocycles. The molecule has 0 spiro atoms. The highest BCUT2D eigenvalue weighted by atomic mass is 35.5. The molecule has 0 aliphatic rings. The standard InChI is InChI=1S/C17H25F3N2O.ClH/c1-11(2)8-15(22-16(23)12(3)10-21-4)13-6-5-7-14(9-13)17(18,19)20;/h5-7,9,11-12,15,21H,8,10H2,1-4H3,(H,22,23);1H. The molecule has 1 aromatic carbocycles. The first kappa shape index (κ1) is 22.7. The SMILES string of the molecule is CNCC(C)C(=O)NC(CC(C)C)c1cccc(C(F)(F)F)c1.Cl. The van der Waals surface area contributed by atoms with Crippen molar-refractivity contribution in [1.29, 1.82) is 0 Å². The van der Waals surface area contributed by atoms with Gasteiger partial charge >= 0.3 is 6.18 Å². The molecular weight excluding hydrogens is 341 g/mol. The highest BCUT2D eigenvalue weighted by Crippen LogP contribution is 2.32. The molecule has 0 fully saturated rings. The van der Waals surface area contributed by atoms with Crippen LogP contribution in [-0.2, 0) is 11.0 Å². The van der Waals surface area contributed by atoms with Crippen molar-refractivity contribution in [2.24, 2.45) is 11.8 Å². The molecular formula is C17H26ClF3N2O. The molecule has 2 atom stereocenters. The van der Waals surface area contributed by atoms with E-state index < -0.39 is 17.8 Å². The first-order chi connectivity index (χ1) is 10.6. The molecule has 138 valence electrons. The van der Waals surface area contributed by atoms with Gasteiger partial charge in [-0.15, -0.1) is 12.4 Å². The van der Waals surface area contributed by atoms with Gasteiger partial charge in [-0.1, -0.05) is 32.9 Å². The van der Waals surface area contributed by atoms with E-state index in [1.54, 1.807) is 20.0 Å². The summed E-state index contributed by atoms with van der Waals surface area (Å²) >= 11 is 0. The van der Waals surface area contributed by atoms with E-state index in [0.29, 0.717) is 18.5 Å². The van der Waals surface area contributed by atoms with E-state index in [1.165, 1.54) is 6.07 Å². The second-order valence-corrected chi connectivity index (χ2v) is 6.27. The molecule has 0 aromatic heterocycles. The number of carbonyl (C=O) groups is 1. The van der Waals surface area contributed by atoms with Gasteiger partial charge in [0.05, 0.1) is 11.6 Å². The summed E-state index contributed by atoms with van der Waals surface area (Å²) in [6.45, 7) is 6.25. The Bertz CT molecular complexity index is 521. The van der Waals surface area contributed by atoms with E-state index in [4.69, 9.17) is 0 Å². The van der Waals surface area contributed by atoms with Gasteiger partial charge in [-0.2, -0.15) is 13.2 Å². The van der Waals surface area contributed by atoms with Crippen molar-refractivity contribution < 1.29 is 18.0 Å². The minimum absolute atomic E-state index is 0. The van der Waals surface area contributed by atoms with Gasteiger partial charge in [0.15, 0.2) is 0 Å². The summed E-state index contributed by atoms with van der Waals surface area (Å²) in [5.74, 6) is -0.169. The minimum Gasteiger partial charge on any atom is -0.349 e. The Kier molecular flexibility index (Phi) is 9.37. The van der Waals surface area contributed by atoms with Gasteiger partial charge in [-0.3, -0.25) is 4.79 Å². The number of rotatable bonds is 7. The van der Waals surface area contributed by atoms with Crippen LogP contribution in [0.25, 0.3) is 0 Å². The van der Waals surface area contributed by atoms with E-state index in [1.807, 2.05) is 13.8 Å². The lowest BCUT2D eigenvalue weighted by Gasteiger charge is -2.24. The molecule has 0 aliphatic carbocycles. The Hall–Kier alpha value is -1.27. The maximum absolute atomic E-state index is 12.9. The zero-order chi connectivity index (χ0) is 17.6. The van der Waals surface area contributed by atoms with E-state index >= 15 is 0 Å². The predicted molar refractivity (Wildman–Crippen MR) is 92.1 cm³/mol. The normalized spacial score (nSPS) is 14.0. The molecule has 24 heavy (non-hydrogen) atoms. The number of carbonyl (C=O) groups excluding carboxylic acids is 1. The molecule has 3 nitrogen and oxygen atoms in total. The lowest BCUT2D eigenvalue weighted by molar-refractivity contribution is -0.137. The predicted octanol–water partition coefficient (Wildman–Crippen LogP) is 4.19. The average Bonchev–Trinajstić information content (AvgIpc) is 2.45. The van der Waals surface area contributed by atoms with Gasteiger partial charge in [0.1, 0.15) is 0 Å². The highest BCUT2D eigenvalue weighted by Gasteiger charge is 2.31. The summed E-state index contributed by atoms with van der Waals surface area (Å²) < 4.78 is 38.7. The number of nitrogens with one attached hydrogen (secondary N) is 2. The average molecular weight is 367 g/mol. The van der Waals surface area contributed by atoms with Crippen LogP contribution in [0.5, 0.6) is 0 Å². The second-order valence-electron chi connectivity index (χ2n) is 6.27. The van der Waals surface area contributed by atoms with Gasteiger partial charge in [0, 0.05) is 12.5 Å². The van der Waals surface area contributed by atoms with Crippen LogP contribution in [0.4, 0.5) is 13.2 Å². The summed E-state index contributed by atoms with van der Waals surface area (Å²) in [6, 6.07) is 4.75. The van der Waals surface area contributed by atoms with E-state index in [9.17, 15) is 18.0 Å². The van der Waals surface area contributed by atoms with E-state index in [0.717, 1.165) is 12.1 Å². The topological polar surface area (TPSA) is 41.1 Å². The maximum atomic E-state index is 12.9. The van der Waals surface area contributed by atoms with Crippen LogP contribution >= 0.6 is 12.4 Å². The number of hydrogen-bond donors (Lipinski definition) is 2. The number of alkyl halides is 3. The summed E-state index contributed by atoms with van der Waals surface area (Å²) in [7, 11) is 1.75. The molecule has 0 radical (unpaired) electrons. The largest absolute Gasteiger partial charge is 0.416 e. The summed E-state index contributed by atoms with van der Waals surface area (Å²) in [6.07, 6.45) is -3.80. The maximum Gasteiger partial charge on any atom is 0.416 e. The van der Waals surface area contributed by atoms with E-state index in [-0.39, 0.29) is 30.2 Å². The molecule has 0 aliphatic heterocycles. The van der Waals surface area contributed by atoms with Crippen molar-refractivity contribution in [2.75, 3.05) is 13.6 Å².